The molecule has 0 spiro atoms. The van der Waals surface area contributed by atoms with Crippen molar-refractivity contribution in [1.29, 1.82) is 0 Å². The lowest BCUT2D eigenvalue weighted by atomic mass is 10.2. The van der Waals surface area contributed by atoms with Gasteiger partial charge in [0.05, 0.1) is 17.1 Å². The average Bonchev–Trinajstić information content (AvgIpc) is 2.70. The second-order valence-electron chi connectivity index (χ2n) is 4.38. The first-order valence-electron chi connectivity index (χ1n) is 5.71. The van der Waals surface area contributed by atoms with E-state index < -0.39 is 28.0 Å². The van der Waals surface area contributed by atoms with Crippen molar-refractivity contribution in [2.24, 2.45) is 5.73 Å². The van der Waals surface area contributed by atoms with Crippen molar-refractivity contribution in [1.82, 2.24) is 4.31 Å². The minimum atomic E-state index is -3.98. The Balaban J connectivity index is 2.44. The molecule has 19 heavy (non-hydrogen) atoms. The molecule has 0 aliphatic carbocycles. The molecule has 0 amide bonds. The van der Waals surface area contributed by atoms with Crippen LogP contribution in [-0.4, -0.2) is 48.2 Å². The van der Waals surface area contributed by atoms with Gasteiger partial charge >= 0.3 is 0 Å². The molecule has 2 rings (SSSR count). The van der Waals surface area contributed by atoms with E-state index in [0.717, 1.165) is 10.4 Å². The van der Waals surface area contributed by atoms with E-state index in [-0.39, 0.29) is 30.1 Å². The molecule has 106 valence electrons. The Labute approximate surface area is 110 Å². The van der Waals surface area contributed by atoms with Gasteiger partial charge in [-0.05, 0) is 12.1 Å². The van der Waals surface area contributed by atoms with Gasteiger partial charge in [0.1, 0.15) is 5.82 Å². The number of hydrogen-bond acceptors (Lipinski definition) is 5. The van der Waals surface area contributed by atoms with Crippen LogP contribution in [0.2, 0.25) is 0 Å². The maximum Gasteiger partial charge on any atom is 0.243 e. The van der Waals surface area contributed by atoms with E-state index in [2.05, 4.69) is 0 Å². The van der Waals surface area contributed by atoms with Crippen molar-refractivity contribution in [3.63, 3.8) is 0 Å². The molecule has 6 nitrogen and oxygen atoms in total. The minimum Gasteiger partial charge on any atom is -0.389 e. The fraction of sp³-hybridized carbons (Fsp3) is 0.455. The topological polar surface area (TPSA) is 104 Å². The standard InChI is InChI=1S/C11H15FN2O4S/c12-8-2-1-3-11(7(8)4-13)19(17,18)14-5-9(15)10(16)6-14/h1-3,9-10,15-16H,4-6,13H2. The van der Waals surface area contributed by atoms with Gasteiger partial charge in [-0.1, -0.05) is 6.07 Å². The molecule has 1 heterocycles. The molecule has 4 N–H and O–H groups in total. The van der Waals surface area contributed by atoms with Crippen LogP contribution in [0.15, 0.2) is 23.1 Å². The predicted molar refractivity (Wildman–Crippen MR) is 65.1 cm³/mol. The lowest BCUT2D eigenvalue weighted by Crippen LogP contribution is -2.31. The number of sulfonamides is 1. The van der Waals surface area contributed by atoms with Gasteiger partial charge < -0.3 is 15.9 Å². The maximum atomic E-state index is 13.6. The SMILES string of the molecule is NCc1c(F)cccc1S(=O)(=O)N1CC(O)C(O)C1. The van der Waals surface area contributed by atoms with E-state index in [9.17, 15) is 23.0 Å². The molecule has 1 aliphatic rings. The number of aliphatic hydroxyl groups excluding tert-OH is 2. The van der Waals surface area contributed by atoms with Gasteiger partial charge in [0.2, 0.25) is 10.0 Å². The van der Waals surface area contributed by atoms with E-state index in [1.54, 1.807) is 0 Å². The minimum absolute atomic E-state index is 0.0987. The highest BCUT2D eigenvalue weighted by Crippen LogP contribution is 2.25. The molecule has 2 unspecified atom stereocenters. The molecule has 0 aromatic heterocycles. The molecular weight excluding hydrogens is 275 g/mol. The monoisotopic (exact) mass is 290 g/mol. The first-order valence-corrected chi connectivity index (χ1v) is 7.15. The van der Waals surface area contributed by atoms with E-state index in [0.29, 0.717) is 0 Å². The van der Waals surface area contributed by atoms with Crippen LogP contribution < -0.4 is 5.73 Å². The average molecular weight is 290 g/mol. The fourth-order valence-corrected chi connectivity index (χ4v) is 3.77. The zero-order valence-electron chi connectivity index (χ0n) is 10.0. The molecule has 8 heteroatoms. The van der Waals surface area contributed by atoms with Crippen molar-refractivity contribution in [3.8, 4) is 0 Å². The number of benzene rings is 1. The lowest BCUT2D eigenvalue weighted by Gasteiger charge is -2.18. The third-order valence-electron chi connectivity index (χ3n) is 3.12. The van der Waals surface area contributed by atoms with Gasteiger partial charge in [-0.15, -0.1) is 0 Å². The molecular formula is C11H15FN2O4S. The summed E-state index contributed by atoms with van der Waals surface area (Å²) < 4.78 is 39.2. The lowest BCUT2D eigenvalue weighted by molar-refractivity contribution is 0.0572. The summed E-state index contributed by atoms with van der Waals surface area (Å²) in [5.74, 6) is -0.691. The Morgan fingerprint density at radius 1 is 1.32 bits per heavy atom. The molecule has 1 fully saturated rings. The summed E-state index contributed by atoms with van der Waals surface area (Å²) in [4.78, 5) is -0.226. The van der Waals surface area contributed by atoms with Gasteiger partial charge in [-0.25, -0.2) is 12.8 Å². The smallest absolute Gasteiger partial charge is 0.243 e. The van der Waals surface area contributed by atoms with E-state index in [1.165, 1.54) is 12.1 Å². The molecule has 1 aromatic rings. The highest BCUT2D eigenvalue weighted by molar-refractivity contribution is 7.89. The van der Waals surface area contributed by atoms with Crippen molar-refractivity contribution in [2.75, 3.05) is 13.1 Å². The summed E-state index contributed by atoms with van der Waals surface area (Å²) in [5, 5.41) is 18.8. The summed E-state index contributed by atoms with van der Waals surface area (Å²) in [6, 6.07) is 3.68. The van der Waals surface area contributed by atoms with Crippen LogP contribution >= 0.6 is 0 Å². The zero-order valence-corrected chi connectivity index (χ0v) is 10.8. The predicted octanol–water partition coefficient (Wildman–Crippen LogP) is -0.990. The normalized spacial score (nSPS) is 24.8. The molecule has 1 saturated heterocycles. The maximum absolute atomic E-state index is 13.6. The fourth-order valence-electron chi connectivity index (χ4n) is 2.05. The zero-order chi connectivity index (χ0) is 14.2. The van der Waals surface area contributed by atoms with E-state index in [4.69, 9.17) is 5.73 Å². The largest absolute Gasteiger partial charge is 0.389 e. The highest BCUT2D eigenvalue weighted by Gasteiger charge is 2.38. The third-order valence-corrected chi connectivity index (χ3v) is 5.04. The van der Waals surface area contributed by atoms with Crippen LogP contribution in [0, 0.1) is 5.82 Å². The second kappa shape index (κ2) is 5.14. The number of nitrogens with two attached hydrogens (primary N) is 1. The van der Waals surface area contributed by atoms with Crippen molar-refractivity contribution >= 4 is 10.0 Å². The molecule has 0 saturated carbocycles. The molecule has 1 aromatic carbocycles. The quantitative estimate of drug-likeness (QED) is 0.663. The van der Waals surface area contributed by atoms with Crippen LogP contribution in [0.3, 0.4) is 0 Å². The summed E-state index contributed by atoms with van der Waals surface area (Å²) in [6.07, 6.45) is -2.27. The summed E-state index contributed by atoms with van der Waals surface area (Å²) in [7, 11) is -3.98. The van der Waals surface area contributed by atoms with Gasteiger partial charge in [-0.3, -0.25) is 0 Å². The van der Waals surface area contributed by atoms with E-state index in [1.807, 2.05) is 0 Å². The molecule has 0 radical (unpaired) electrons. The Morgan fingerprint density at radius 3 is 2.42 bits per heavy atom. The first-order chi connectivity index (χ1) is 8.87. The Kier molecular flexibility index (Phi) is 3.88. The second-order valence-corrected chi connectivity index (χ2v) is 6.28. The number of aliphatic hydroxyl groups is 2. The van der Waals surface area contributed by atoms with Gasteiger partial charge in [0.25, 0.3) is 0 Å². The van der Waals surface area contributed by atoms with Crippen molar-refractivity contribution < 1.29 is 23.0 Å². The van der Waals surface area contributed by atoms with Gasteiger partial charge in [0, 0.05) is 25.2 Å². The number of nitrogens with zero attached hydrogens (tertiary/aromatic N) is 1. The van der Waals surface area contributed by atoms with Crippen LogP contribution in [0.25, 0.3) is 0 Å². The Hall–Kier alpha value is -1.06. The summed E-state index contributed by atoms with van der Waals surface area (Å²) in [6.45, 7) is -0.686. The Morgan fingerprint density at radius 2 is 1.89 bits per heavy atom. The summed E-state index contributed by atoms with van der Waals surface area (Å²) >= 11 is 0. The molecule has 2 atom stereocenters. The van der Waals surface area contributed by atoms with E-state index >= 15 is 0 Å². The van der Waals surface area contributed by atoms with Crippen molar-refractivity contribution in [3.05, 3.63) is 29.6 Å². The van der Waals surface area contributed by atoms with Crippen molar-refractivity contribution in [2.45, 2.75) is 23.6 Å². The first kappa shape index (κ1) is 14.4. The number of hydrogen-bond donors (Lipinski definition) is 3. The van der Waals surface area contributed by atoms with Crippen LogP contribution in [0.5, 0.6) is 0 Å². The van der Waals surface area contributed by atoms with Gasteiger partial charge in [-0.2, -0.15) is 4.31 Å². The van der Waals surface area contributed by atoms with Crippen LogP contribution in [0.1, 0.15) is 5.56 Å². The third kappa shape index (κ3) is 2.49. The molecule has 0 bridgehead atoms. The molecule has 1 aliphatic heterocycles. The van der Waals surface area contributed by atoms with Crippen LogP contribution in [-0.2, 0) is 16.6 Å². The highest BCUT2D eigenvalue weighted by atomic mass is 32.2. The van der Waals surface area contributed by atoms with Gasteiger partial charge in [0.15, 0.2) is 0 Å². The number of rotatable bonds is 3. The number of halogens is 1. The van der Waals surface area contributed by atoms with Crippen LogP contribution in [0.4, 0.5) is 4.39 Å². The number of β-amino-alcohol motifs (C(OH)–C–C–N with tert-alkyl or cyclic N) is 2. The summed E-state index contributed by atoms with van der Waals surface area (Å²) in [5.41, 5.74) is 5.28. The Bertz CT molecular complexity index is 568.